The minimum absolute atomic E-state index is 0. The molecule has 1 aromatic carbocycles. The zero-order valence-corrected chi connectivity index (χ0v) is 19.7. The van der Waals surface area contributed by atoms with Crippen LogP contribution in [0.15, 0.2) is 40.7 Å². The molecule has 0 radical (unpaired) electrons. The molecule has 2 heterocycles. The maximum absolute atomic E-state index is 12.7. The Morgan fingerprint density at radius 1 is 1.20 bits per heavy atom. The summed E-state index contributed by atoms with van der Waals surface area (Å²) >= 11 is 0.994. The molecule has 0 unspecified atom stereocenters. The Morgan fingerprint density at radius 3 is 2.50 bits per heavy atom. The van der Waals surface area contributed by atoms with Crippen molar-refractivity contribution in [2.45, 2.75) is 12.7 Å². The van der Waals surface area contributed by atoms with Gasteiger partial charge in [0.05, 0.1) is 6.54 Å². The zero-order valence-electron chi connectivity index (χ0n) is 16.6. The van der Waals surface area contributed by atoms with Crippen molar-refractivity contribution in [2.75, 3.05) is 46.4 Å². The molecule has 0 saturated carbocycles. The maximum Gasteiger partial charge on any atom is 0.434 e. The van der Waals surface area contributed by atoms with E-state index < -0.39 is 11.9 Å². The summed E-state index contributed by atoms with van der Waals surface area (Å²) in [4.78, 5) is 12.3. The summed E-state index contributed by atoms with van der Waals surface area (Å²) in [7, 11) is 1.67. The fourth-order valence-corrected chi connectivity index (χ4v) is 3.74. The molecule has 0 atom stereocenters. The van der Waals surface area contributed by atoms with Gasteiger partial charge in [-0.2, -0.15) is 13.2 Å². The lowest BCUT2D eigenvalue weighted by Gasteiger charge is -2.36. The fourth-order valence-electron chi connectivity index (χ4n) is 3.00. The first-order chi connectivity index (χ1) is 14.0. The van der Waals surface area contributed by atoms with Crippen LogP contribution in [0.3, 0.4) is 0 Å². The zero-order chi connectivity index (χ0) is 20.7. The average molecular weight is 555 g/mol. The Bertz CT molecular complexity index is 795. The average Bonchev–Trinajstić information content (AvgIpc) is 3.20. The molecule has 6 nitrogen and oxygen atoms in total. The van der Waals surface area contributed by atoms with Gasteiger partial charge >= 0.3 is 6.18 Å². The number of guanidine groups is 1. The van der Waals surface area contributed by atoms with E-state index in [1.54, 1.807) is 7.05 Å². The summed E-state index contributed by atoms with van der Waals surface area (Å²) in [5.74, 6) is 1.54. The molecule has 1 saturated heterocycles. The number of ether oxygens (including phenoxy) is 1. The second-order valence-electron chi connectivity index (χ2n) is 6.52. The quantitative estimate of drug-likeness (QED) is 0.336. The number of piperazine rings is 1. The van der Waals surface area contributed by atoms with Crippen molar-refractivity contribution in [2.24, 2.45) is 4.99 Å². The van der Waals surface area contributed by atoms with Crippen LogP contribution in [-0.4, -0.2) is 67.1 Å². The predicted molar refractivity (Wildman–Crippen MR) is 123 cm³/mol. The van der Waals surface area contributed by atoms with E-state index in [4.69, 9.17) is 4.74 Å². The van der Waals surface area contributed by atoms with Crippen molar-refractivity contribution in [3.63, 3.8) is 0 Å². The van der Waals surface area contributed by atoms with Gasteiger partial charge in [-0.1, -0.05) is 18.2 Å². The van der Waals surface area contributed by atoms with E-state index in [-0.39, 0.29) is 30.5 Å². The molecule has 1 aromatic heterocycles. The summed E-state index contributed by atoms with van der Waals surface area (Å²) in [6.07, 6.45) is -4.41. The highest BCUT2D eigenvalue weighted by molar-refractivity contribution is 14.0. The van der Waals surface area contributed by atoms with Crippen molar-refractivity contribution in [1.29, 1.82) is 0 Å². The minimum atomic E-state index is -4.41. The molecular formula is C19H25F3IN5OS. The molecule has 2 aromatic rings. The topological polar surface area (TPSA) is 53.0 Å². The highest BCUT2D eigenvalue weighted by atomic mass is 127. The Kier molecular flexibility index (Phi) is 9.62. The van der Waals surface area contributed by atoms with E-state index >= 15 is 0 Å². The highest BCUT2D eigenvalue weighted by Crippen LogP contribution is 2.29. The number of hydrogen-bond donors (Lipinski definition) is 1. The van der Waals surface area contributed by atoms with Gasteiger partial charge in [0.25, 0.3) is 0 Å². The van der Waals surface area contributed by atoms with Crippen LogP contribution in [0.2, 0.25) is 0 Å². The molecule has 3 rings (SSSR count). The van der Waals surface area contributed by atoms with Crippen molar-refractivity contribution < 1.29 is 17.9 Å². The number of aliphatic imine (C=N–C) groups is 1. The number of nitrogens with one attached hydrogen (secondary N) is 1. The number of alkyl halides is 3. The van der Waals surface area contributed by atoms with Crippen molar-refractivity contribution >= 4 is 41.3 Å². The van der Waals surface area contributed by atoms with E-state index in [0.29, 0.717) is 17.6 Å². The molecule has 1 aliphatic heterocycles. The molecule has 30 heavy (non-hydrogen) atoms. The molecule has 11 heteroatoms. The SMILES string of the molecule is CN=C(NCc1nc(C(F)(F)F)cs1)N1CCN(CCOc2ccccc2)CC1.I. The molecule has 0 spiro atoms. The monoisotopic (exact) mass is 555 g/mol. The Morgan fingerprint density at radius 2 is 1.90 bits per heavy atom. The minimum Gasteiger partial charge on any atom is -0.492 e. The first-order valence-electron chi connectivity index (χ1n) is 9.33. The van der Waals surface area contributed by atoms with Crippen LogP contribution in [0.25, 0.3) is 0 Å². The number of para-hydroxylation sites is 1. The molecule has 1 aliphatic rings. The molecule has 166 valence electrons. The summed E-state index contributed by atoms with van der Waals surface area (Å²) in [6, 6.07) is 9.73. The first kappa shape index (κ1) is 24.7. The first-order valence-corrected chi connectivity index (χ1v) is 10.2. The van der Waals surface area contributed by atoms with Crippen LogP contribution in [0.4, 0.5) is 13.2 Å². The number of rotatable bonds is 6. The Labute approximate surface area is 195 Å². The summed E-state index contributed by atoms with van der Waals surface area (Å²) < 4.78 is 43.7. The lowest BCUT2D eigenvalue weighted by Crippen LogP contribution is -2.52. The second-order valence-corrected chi connectivity index (χ2v) is 7.46. The van der Waals surface area contributed by atoms with Crippen LogP contribution in [0.1, 0.15) is 10.7 Å². The lowest BCUT2D eigenvalue weighted by atomic mass is 10.3. The molecule has 0 amide bonds. The largest absolute Gasteiger partial charge is 0.492 e. The lowest BCUT2D eigenvalue weighted by molar-refractivity contribution is -0.140. The van der Waals surface area contributed by atoms with Crippen LogP contribution in [0.5, 0.6) is 5.75 Å². The Balaban J connectivity index is 0.00000320. The molecule has 0 aliphatic carbocycles. The van der Waals surface area contributed by atoms with Gasteiger partial charge in [-0.3, -0.25) is 9.89 Å². The van der Waals surface area contributed by atoms with Gasteiger partial charge in [-0.05, 0) is 12.1 Å². The van der Waals surface area contributed by atoms with Crippen LogP contribution in [0, 0.1) is 0 Å². The molecule has 1 N–H and O–H groups in total. The normalized spacial score (nSPS) is 15.6. The van der Waals surface area contributed by atoms with Gasteiger partial charge in [0.15, 0.2) is 11.7 Å². The van der Waals surface area contributed by atoms with Crippen molar-refractivity contribution in [1.82, 2.24) is 20.1 Å². The fraction of sp³-hybridized carbons (Fsp3) is 0.474. The third-order valence-corrected chi connectivity index (χ3v) is 5.39. The summed E-state index contributed by atoms with van der Waals surface area (Å²) in [5.41, 5.74) is -0.847. The number of benzene rings is 1. The Hall–Kier alpha value is -1.60. The van der Waals surface area contributed by atoms with Gasteiger partial charge < -0.3 is 15.0 Å². The van der Waals surface area contributed by atoms with Gasteiger partial charge in [-0.25, -0.2) is 4.98 Å². The van der Waals surface area contributed by atoms with Crippen LogP contribution in [-0.2, 0) is 12.7 Å². The van der Waals surface area contributed by atoms with E-state index in [2.05, 4.69) is 25.1 Å². The number of thiazole rings is 1. The van der Waals surface area contributed by atoms with E-state index in [1.807, 2.05) is 30.3 Å². The number of halogens is 4. The van der Waals surface area contributed by atoms with Crippen molar-refractivity contribution in [3.8, 4) is 5.75 Å². The molecule has 0 bridgehead atoms. The summed E-state index contributed by atoms with van der Waals surface area (Å²) in [6.45, 7) is 5.01. The predicted octanol–water partition coefficient (Wildman–Crippen LogP) is 3.55. The summed E-state index contributed by atoms with van der Waals surface area (Å²) in [5, 5.41) is 4.54. The molecule has 1 fully saturated rings. The van der Waals surface area contributed by atoms with Crippen molar-refractivity contribution in [3.05, 3.63) is 46.4 Å². The third-order valence-electron chi connectivity index (χ3n) is 4.54. The second kappa shape index (κ2) is 11.7. The smallest absolute Gasteiger partial charge is 0.434 e. The van der Waals surface area contributed by atoms with Gasteiger partial charge in [0.2, 0.25) is 0 Å². The van der Waals surface area contributed by atoms with Crippen LogP contribution < -0.4 is 10.1 Å². The van der Waals surface area contributed by atoms with Gasteiger partial charge in [0.1, 0.15) is 17.4 Å². The maximum atomic E-state index is 12.7. The van der Waals surface area contributed by atoms with E-state index in [1.165, 1.54) is 0 Å². The van der Waals surface area contributed by atoms with Crippen LogP contribution >= 0.6 is 35.3 Å². The highest BCUT2D eigenvalue weighted by Gasteiger charge is 2.33. The van der Waals surface area contributed by atoms with E-state index in [0.717, 1.165) is 55.2 Å². The third kappa shape index (κ3) is 7.27. The van der Waals surface area contributed by atoms with E-state index in [9.17, 15) is 13.2 Å². The number of nitrogens with zero attached hydrogens (tertiary/aromatic N) is 4. The molecular weight excluding hydrogens is 530 g/mol. The standard InChI is InChI=1S/C19H24F3N5OS.HI/c1-23-18(24-13-17-25-16(14-29-17)19(20,21)22)27-9-7-26(8-10-27)11-12-28-15-5-3-2-4-6-15;/h2-6,14H,7-13H2,1H3,(H,23,24);1H. The number of aromatic nitrogens is 1. The van der Waals surface area contributed by atoms with Gasteiger partial charge in [-0.15, -0.1) is 35.3 Å². The van der Waals surface area contributed by atoms with Gasteiger partial charge in [0, 0.05) is 45.2 Å². The number of hydrogen-bond acceptors (Lipinski definition) is 5.